The number of benzene rings is 1. The first-order valence-corrected chi connectivity index (χ1v) is 8.70. The number of aromatic nitrogens is 2. The van der Waals surface area contributed by atoms with Crippen LogP contribution in [0.5, 0.6) is 0 Å². The molecule has 0 saturated carbocycles. The molecule has 0 spiro atoms. The Balaban J connectivity index is 2.00. The quantitative estimate of drug-likeness (QED) is 0.804. The summed E-state index contributed by atoms with van der Waals surface area (Å²) in [6.07, 6.45) is 2.48. The Labute approximate surface area is 147 Å². The van der Waals surface area contributed by atoms with Crippen molar-refractivity contribution < 1.29 is 9.90 Å². The van der Waals surface area contributed by atoms with Crippen molar-refractivity contribution in [1.29, 1.82) is 0 Å². The Bertz CT molecular complexity index is 811. The van der Waals surface area contributed by atoms with E-state index in [-0.39, 0.29) is 36.9 Å². The molecule has 0 radical (unpaired) electrons. The summed E-state index contributed by atoms with van der Waals surface area (Å²) in [5.74, 6) is -0.108. The summed E-state index contributed by atoms with van der Waals surface area (Å²) in [5.41, 5.74) is 0.557. The SMILES string of the molecule is CC[C@H](C)[C@](C)(O)CNC(=O)CCn1cnc2c(C)cccc2c1=O. The molecule has 136 valence electrons. The lowest BCUT2D eigenvalue weighted by atomic mass is 9.88. The van der Waals surface area contributed by atoms with Crippen molar-refractivity contribution in [3.05, 3.63) is 40.4 Å². The number of rotatable bonds is 7. The fourth-order valence-electron chi connectivity index (χ4n) is 2.70. The van der Waals surface area contributed by atoms with Gasteiger partial charge in [0.2, 0.25) is 5.91 Å². The molecule has 6 nitrogen and oxygen atoms in total. The van der Waals surface area contributed by atoms with E-state index in [2.05, 4.69) is 10.3 Å². The predicted octanol–water partition coefficient (Wildman–Crippen LogP) is 2.01. The van der Waals surface area contributed by atoms with Gasteiger partial charge in [0.05, 0.1) is 22.8 Å². The third kappa shape index (κ3) is 4.45. The van der Waals surface area contributed by atoms with Crippen LogP contribution in [0.15, 0.2) is 29.3 Å². The molecule has 0 unspecified atom stereocenters. The molecule has 0 aliphatic rings. The molecule has 25 heavy (non-hydrogen) atoms. The number of hydrogen-bond donors (Lipinski definition) is 2. The number of para-hydroxylation sites is 1. The van der Waals surface area contributed by atoms with Gasteiger partial charge in [-0.15, -0.1) is 0 Å². The molecular formula is C19H27N3O3. The topological polar surface area (TPSA) is 84.2 Å². The van der Waals surface area contributed by atoms with Crippen LogP contribution in [0.1, 0.15) is 39.2 Å². The lowest BCUT2D eigenvalue weighted by Gasteiger charge is -2.29. The smallest absolute Gasteiger partial charge is 0.261 e. The van der Waals surface area contributed by atoms with Gasteiger partial charge in [0.25, 0.3) is 5.56 Å². The first kappa shape index (κ1) is 19.1. The summed E-state index contributed by atoms with van der Waals surface area (Å²) in [6.45, 7) is 8.05. The second-order valence-electron chi connectivity index (χ2n) is 6.91. The average molecular weight is 345 g/mol. The van der Waals surface area contributed by atoms with Crippen molar-refractivity contribution in [2.45, 2.75) is 52.7 Å². The second kappa shape index (κ2) is 7.78. The molecule has 2 N–H and O–H groups in total. The lowest BCUT2D eigenvalue weighted by Crippen LogP contribution is -2.45. The number of carbonyl (C=O) groups is 1. The van der Waals surface area contributed by atoms with Gasteiger partial charge in [0.15, 0.2) is 0 Å². The predicted molar refractivity (Wildman–Crippen MR) is 98.4 cm³/mol. The number of fused-ring (bicyclic) bond motifs is 1. The third-order valence-electron chi connectivity index (χ3n) is 4.95. The van der Waals surface area contributed by atoms with E-state index in [4.69, 9.17) is 0 Å². The van der Waals surface area contributed by atoms with Crippen LogP contribution < -0.4 is 10.9 Å². The molecule has 0 saturated heterocycles. The van der Waals surface area contributed by atoms with E-state index in [9.17, 15) is 14.7 Å². The lowest BCUT2D eigenvalue weighted by molar-refractivity contribution is -0.123. The van der Waals surface area contributed by atoms with Crippen LogP contribution >= 0.6 is 0 Å². The largest absolute Gasteiger partial charge is 0.388 e. The number of nitrogens with zero attached hydrogens (tertiary/aromatic N) is 2. The molecule has 0 aliphatic heterocycles. The minimum atomic E-state index is -0.941. The highest BCUT2D eigenvalue weighted by Crippen LogP contribution is 2.18. The van der Waals surface area contributed by atoms with Crippen molar-refractivity contribution in [1.82, 2.24) is 14.9 Å². The highest BCUT2D eigenvalue weighted by atomic mass is 16.3. The van der Waals surface area contributed by atoms with Gasteiger partial charge in [-0.05, 0) is 31.4 Å². The van der Waals surface area contributed by atoms with Crippen LogP contribution in [-0.4, -0.2) is 32.7 Å². The van der Waals surface area contributed by atoms with Gasteiger partial charge in [0, 0.05) is 19.5 Å². The van der Waals surface area contributed by atoms with E-state index in [1.54, 1.807) is 13.0 Å². The van der Waals surface area contributed by atoms with Crippen molar-refractivity contribution in [3.63, 3.8) is 0 Å². The summed E-state index contributed by atoms with van der Waals surface area (Å²) in [7, 11) is 0. The van der Waals surface area contributed by atoms with Crippen LogP contribution in [0.4, 0.5) is 0 Å². The van der Waals surface area contributed by atoms with Gasteiger partial charge in [-0.3, -0.25) is 14.2 Å². The summed E-state index contributed by atoms with van der Waals surface area (Å²) in [6, 6.07) is 5.49. The maximum atomic E-state index is 12.5. The molecule has 0 bridgehead atoms. The normalized spacial score (nSPS) is 14.9. The maximum absolute atomic E-state index is 12.5. The van der Waals surface area contributed by atoms with E-state index in [1.165, 1.54) is 10.9 Å². The minimum Gasteiger partial charge on any atom is -0.388 e. The fraction of sp³-hybridized carbons (Fsp3) is 0.526. The Morgan fingerprint density at radius 3 is 2.84 bits per heavy atom. The summed E-state index contributed by atoms with van der Waals surface area (Å²) in [5, 5.41) is 13.6. The van der Waals surface area contributed by atoms with Crippen LogP contribution in [-0.2, 0) is 11.3 Å². The molecule has 2 atom stereocenters. The van der Waals surface area contributed by atoms with Crippen LogP contribution in [0.2, 0.25) is 0 Å². The highest BCUT2D eigenvalue weighted by Gasteiger charge is 2.27. The third-order valence-corrected chi connectivity index (χ3v) is 4.95. The number of carbonyl (C=O) groups excluding carboxylic acids is 1. The summed E-state index contributed by atoms with van der Waals surface area (Å²) in [4.78, 5) is 28.9. The highest BCUT2D eigenvalue weighted by molar-refractivity contribution is 5.80. The summed E-state index contributed by atoms with van der Waals surface area (Å²) < 4.78 is 1.45. The van der Waals surface area contributed by atoms with Crippen LogP contribution in [0, 0.1) is 12.8 Å². The standard InChI is InChI=1S/C19H27N3O3/c1-5-14(3)19(4,25)11-20-16(23)9-10-22-12-21-17-13(2)7-6-8-15(17)18(22)24/h6-8,12,14,25H,5,9-11H2,1-4H3,(H,20,23)/t14-,19+/m0/s1. The zero-order valence-corrected chi connectivity index (χ0v) is 15.4. The molecule has 2 aromatic rings. The van der Waals surface area contributed by atoms with Gasteiger partial charge in [-0.2, -0.15) is 0 Å². The number of aryl methyl sites for hydroxylation is 2. The number of aliphatic hydroxyl groups is 1. The zero-order valence-electron chi connectivity index (χ0n) is 15.4. The molecule has 1 aromatic heterocycles. The Morgan fingerprint density at radius 1 is 1.44 bits per heavy atom. The molecule has 0 fully saturated rings. The van der Waals surface area contributed by atoms with E-state index >= 15 is 0 Å². The van der Waals surface area contributed by atoms with E-state index < -0.39 is 5.60 Å². The minimum absolute atomic E-state index is 0.0864. The van der Waals surface area contributed by atoms with E-state index in [0.717, 1.165) is 12.0 Å². The van der Waals surface area contributed by atoms with Gasteiger partial charge in [-0.25, -0.2) is 4.98 Å². The van der Waals surface area contributed by atoms with Gasteiger partial charge >= 0.3 is 0 Å². The van der Waals surface area contributed by atoms with Crippen LogP contribution in [0.3, 0.4) is 0 Å². The van der Waals surface area contributed by atoms with Gasteiger partial charge < -0.3 is 10.4 Å². The second-order valence-corrected chi connectivity index (χ2v) is 6.91. The molecule has 0 aliphatic carbocycles. The van der Waals surface area contributed by atoms with Gasteiger partial charge in [-0.1, -0.05) is 32.4 Å². The number of hydrogen-bond acceptors (Lipinski definition) is 4. The zero-order chi connectivity index (χ0) is 18.6. The fourth-order valence-corrected chi connectivity index (χ4v) is 2.70. The molecule has 2 rings (SSSR count). The Hall–Kier alpha value is -2.21. The number of nitrogens with one attached hydrogen (secondary N) is 1. The molecular weight excluding hydrogens is 318 g/mol. The van der Waals surface area contributed by atoms with Crippen molar-refractivity contribution in [2.24, 2.45) is 5.92 Å². The molecule has 6 heteroatoms. The van der Waals surface area contributed by atoms with Crippen molar-refractivity contribution >= 4 is 16.8 Å². The van der Waals surface area contributed by atoms with E-state index in [0.29, 0.717) is 10.9 Å². The number of amides is 1. The van der Waals surface area contributed by atoms with Crippen LogP contribution in [0.25, 0.3) is 10.9 Å². The first-order chi connectivity index (χ1) is 11.8. The maximum Gasteiger partial charge on any atom is 0.261 e. The van der Waals surface area contributed by atoms with Gasteiger partial charge in [0.1, 0.15) is 0 Å². The van der Waals surface area contributed by atoms with Crippen molar-refractivity contribution in [2.75, 3.05) is 6.54 Å². The molecule has 1 heterocycles. The van der Waals surface area contributed by atoms with Crippen molar-refractivity contribution in [3.8, 4) is 0 Å². The molecule has 1 amide bonds. The first-order valence-electron chi connectivity index (χ1n) is 8.70. The van der Waals surface area contributed by atoms with E-state index in [1.807, 2.05) is 32.9 Å². The Kier molecular flexibility index (Phi) is 5.95. The monoisotopic (exact) mass is 345 g/mol. The summed E-state index contributed by atoms with van der Waals surface area (Å²) >= 11 is 0. The molecule has 1 aromatic carbocycles. The Morgan fingerprint density at radius 2 is 2.16 bits per heavy atom. The average Bonchev–Trinajstić information content (AvgIpc) is 2.59.